The molecule has 29 heavy (non-hydrogen) atoms. The first-order valence-corrected chi connectivity index (χ1v) is 11.0. The highest BCUT2D eigenvalue weighted by Gasteiger charge is 2.26. The van der Waals surface area contributed by atoms with E-state index in [2.05, 4.69) is 10.6 Å². The summed E-state index contributed by atoms with van der Waals surface area (Å²) in [7, 11) is -3.46. The molecule has 2 amide bonds. The normalized spacial score (nSPS) is 15.6. The zero-order valence-electron chi connectivity index (χ0n) is 16.3. The van der Waals surface area contributed by atoms with Gasteiger partial charge in [0.1, 0.15) is 0 Å². The fraction of sp³-hybridized carbons (Fsp3) is 0.333. The van der Waals surface area contributed by atoms with E-state index >= 15 is 0 Å². The van der Waals surface area contributed by atoms with Gasteiger partial charge in [0.15, 0.2) is 0 Å². The lowest BCUT2D eigenvalue weighted by molar-refractivity contribution is -0.139. The van der Waals surface area contributed by atoms with Crippen LogP contribution >= 0.6 is 0 Å². The number of sulfonamides is 1. The third-order valence-electron chi connectivity index (χ3n) is 4.93. The van der Waals surface area contributed by atoms with Crippen molar-refractivity contribution in [2.24, 2.45) is 0 Å². The summed E-state index contributed by atoms with van der Waals surface area (Å²) in [6.07, 6.45) is 1.77. The molecule has 1 saturated heterocycles. The second-order valence-electron chi connectivity index (χ2n) is 7.04. The van der Waals surface area contributed by atoms with Crippen LogP contribution in [0.3, 0.4) is 0 Å². The second-order valence-corrected chi connectivity index (χ2v) is 8.98. The first-order valence-electron chi connectivity index (χ1n) is 9.60. The van der Waals surface area contributed by atoms with Crippen LogP contribution in [0.2, 0.25) is 0 Å². The smallest absolute Gasteiger partial charge is 0.309 e. The van der Waals surface area contributed by atoms with Gasteiger partial charge in [-0.3, -0.25) is 9.59 Å². The number of hydrogen-bond donors (Lipinski definition) is 2. The topological polar surface area (TPSA) is 95.6 Å². The molecule has 1 fully saturated rings. The summed E-state index contributed by atoms with van der Waals surface area (Å²) >= 11 is 0. The Balaban J connectivity index is 1.53. The summed E-state index contributed by atoms with van der Waals surface area (Å²) in [6.45, 7) is 3.05. The largest absolute Gasteiger partial charge is 0.344 e. The minimum atomic E-state index is -3.46. The number of nitrogens with zero attached hydrogens (tertiary/aromatic N) is 1. The Morgan fingerprint density at radius 2 is 1.59 bits per heavy atom. The molecule has 7 nitrogen and oxygen atoms in total. The van der Waals surface area contributed by atoms with Crippen molar-refractivity contribution in [2.75, 3.05) is 13.1 Å². The van der Waals surface area contributed by atoms with Gasteiger partial charge in [0.2, 0.25) is 10.0 Å². The number of amides is 2. The summed E-state index contributed by atoms with van der Waals surface area (Å²) < 4.78 is 26.5. The van der Waals surface area contributed by atoms with E-state index in [-0.39, 0.29) is 17.5 Å². The van der Waals surface area contributed by atoms with Crippen LogP contribution in [0.5, 0.6) is 0 Å². The SMILES string of the molecule is C[C@@H](NC(=O)C(=O)NCc1ccc(S(=O)(=O)N2CCCC2)cc1)c1ccccc1. The molecule has 0 aliphatic carbocycles. The number of benzene rings is 2. The molecule has 1 aliphatic heterocycles. The van der Waals surface area contributed by atoms with Crippen LogP contribution in [0.25, 0.3) is 0 Å². The molecule has 8 heteroatoms. The summed E-state index contributed by atoms with van der Waals surface area (Å²) in [5.74, 6) is -1.45. The van der Waals surface area contributed by atoms with E-state index in [0.29, 0.717) is 18.7 Å². The van der Waals surface area contributed by atoms with Crippen LogP contribution in [-0.4, -0.2) is 37.6 Å². The minimum absolute atomic E-state index is 0.135. The van der Waals surface area contributed by atoms with Gasteiger partial charge in [0.05, 0.1) is 10.9 Å². The van der Waals surface area contributed by atoms with Crippen LogP contribution in [0, 0.1) is 0 Å². The number of carbonyl (C=O) groups is 2. The van der Waals surface area contributed by atoms with E-state index in [1.807, 2.05) is 30.3 Å². The van der Waals surface area contributed by atoms with E-state index in [1.54, 1.807) is 19.1 Å². The summed E-state index contributed by atoms with van der Waals surface area (Å²) in [6, 6.07) is 15.4. The van der Waals surface area contributed by atoms with Gasteiger partial charge in [0.25, 0.3) is 0 Å². The molecule has 0 saturated carbocycles. The molecule has 0 aromatic heterocycles. The maximum absolute atomic E-state index is 12.5. The van der Waals surface area contributed by atoms with Gasteiger partial charge in [-0.15, -0.1) is 0 Å². The monoisotopic (exact) mass is 415 g/mol. The first kappa shape index (κ1) is 21.0. The molecule has 2 aromatic carbocycles. The standard InChI is InChI=1S/C21H25N3O4S/c1-16(18-7-3-2-4-8-18)23-21(26)20(25)22-15-17-9-11-19(12-10-17)29(27,28)24-13-5-6-14-24/h2-4,7-12,16H,5-6,13-15H2,1H3,(H,22,25)(H,23,26)/t16-/m1/s1. The molecular formula is C21H25N3O4S. The number of hydrogen-bond acceptors (Lipinski definition) is 4. The fourth-order valence-electron chi connectivity index (χ4n) is 3.21. The molecule has 154 valence electrons. The average molecular weight is 416 g/mol. The van der Waals surface area contributed by atoms with E-state index in [1.165, 1.54) is 16.4 Å². The van der Waals surface area contributed by atoms with Crippen LogP contribution < -0.4 is 10.6 Å². The van der Waals surface area contributed by atoms with Gasteiger partial charge in [0, 0.05) is 19.6 Å². The second kappa shape index (κ2) is 9.19. The zero-order valence-corrected chi connectivity index (χ0v) is 17.1. The van der Waals surface area contributed by atoms with E-state index in [4.69, 9.17) is 0 Å². The van der Waals surface area contributed by atoms with Gasteiger partial charge in [-0.05, 0) is 43.0 Å². The molecule has 0 radical (unpaired) electrons. The predicted octanol–water partition coefficient (Wildman–Crippen LogP) is 1.96. The highest BCUT2D eigenvalue weighted by Crippen LogP contribution is 2.21. The molecule has 0 bridgehead atoms. The number of nitrogens with one attached hydrogen (secondary N) is 2. The van der Waals surface area contributed by atoms with Gasteiger partial charge < -0.3 is 10.6 Å². The summed E-state index contributed by atoms with van der Waals surface area (Å²) in [4.78, 5) is 24.4. The third kappa shape index (κ3) is 5.21. The van der Waals surface area contributed by atoms with Gasteiger partial charge in [-0.1, -0.05) is 42.5 Å². The molecule has 1 aliphatic rings. The maximum Gasteiger partial charge on any atom is 0.309 e. The van der Waals surface area contributed by atoms with Crippen molar-refractivity contribution in [3.8, 4) is 0 Å². The first-order chi connectivity index (χ1) is 13.9. The van der Waals surface area contributed by atoms with E-state index < -0.39 is 21.8 Å². The molecular weight excluding hydrogens is 390 g/mol. The van der Waals surface area contributed by atoms with Crippen molar-refractivity contribution < 1.29 is 18.0 Å². The molecule has 1 atom stereocenters. The lowest BCUT2D eigenvalue weighted by Gasteiger charge is -2.16. The Kier molecular flexibility index (Phi) is 6.66. The van der Waals surface area contributed by atoms with E-state index in [9.17, 15) is 18.0 Å². The molecule has 3 rings (SSSR count). The van der Waals surface area contributed by atoms with Gasteiger partial charge in [-0.25, -0.2) is 8.42 Å². The number of rotatable bonds is 6. The van der Waals surface area contributed by atoms with Gasteiger partial charge in [-0.2, -0.15) is 4.31 Å². The van der Waals surface area contributed by atoms with Crippen molar-refractivity contribution >= 4 is 21.8 Å². The molecule has 1 heterocycles. The lowest BCUT2D eigenvalue weighted by Crippen LogP contribution is -2.40. The van der Waals surface area contributed by atoms with Crippen molar-refractivity contribution in [1.29, 1.82) is 0 Å². The molecule has 0 spiro atoms. The van der Waals surface area contributed by atoms with Crippen molar-refractivity contribution in [3.63, 3.8) is 0 Å². The Hall–Kier alpha value is -2.71. The lowest BCUT2D eigenvalue weighted by atomic mass is 10.1. The highest BCUT2D eigenvalue weighted by atomic mass is 32.2. The Labute approximate surface area is 171 Å². The Bertz CT molecular complexity index is 953. The van der Waals surface area contributed by atoms with Crippen LogP contribution in [0.15, 0.2) is 59.5 Å². The average Bonchev–Trinajstić information content (AvgIpc) is 3.28. The Morgan fingerprint density at radius 1 is 0.966 bits per heavy atom. The zero-order chi connectivity index (χ0) is 20.9. The van der Waals surface area contributed by atoms with Crippen molar-refractivity contribution in [3.05, 3.63) is 65.7 Å². The third-order valence-corrected chi connectivity index (χ3v) is 6.85. The predicted molar refractivity (Wildman–Crippen MR) is 109 cm³/mol. The van der Waals surface area contributed by atoms with Crippen molar-refractivity contribution in [2.45, 2.75) is 37.2 Å². The van der Waals surface area contributed by atoms with Crippen LogP contribution in [0.1, 0.15) is 36.9 Å². The van der Waals surface area contributed by atoms with E-state index in [0.717, 1.165) is 18.4 Å². The molecule has 0 unspecified atom stereocenters. The Morgan fingerprint density at radius 3 is 2.21 bits per heavy atom. The van der Waals surface area contributed by atoms with Crippen molar-refractivity contribution in [1.82, 2.24) is 14.9 Å². The van der Waals surface area contributed by atoms with Crippen LogP contribution in [0.4, 0.5) is 0 Å². The van der Waals surface area contributed by atoms with Crippen LogP contribution in [-0.2, 0) is 26.2 Å². The minimum Gasteiger partial charge on any atom is -0.344 e. The highest BCUT2D eigenvalue weighted by molar-refractivity contribution is 7.89. The fourth-order valence-corrected chi connectivity index (χ4v) is 4.72. The maximum atomic E-state index is 12.5. The van der Waals surface area contributed by atoms with Gasteiger partial charge >= 0.3 is 11.8 Å². The summed E-state index contributed by atoms with van der Waals surface area (Å²) in [5, 5.41) is 5.21. The summed E-state index contributed by atoms with van der Waals surface area (Å²) in [5.41, 5.74) is 1.62. The molecule has 2 N–H and O–H groups in total. The quantitative estimate of drug-likeness (QED) is 0.705. The molecule has 2 aromatic rings. The number of carbonyl (C=O) groups excluding carboxylic acids is 2.